The maximum absolute atomic E-state index is 8.48. The minimum atomic E-state index is 0.229. The highest BCUT2D eigenvalue weighted by Crippen LogP contribution is 2.21. The molecule has 0 radical (unpaired) electrons. The van der Waals surface area contributed by atoms with Crippen LogP contribution in [0.1, 0.15) is 25.3 Å². The summed E-state index contributed by atoms with van der Waals surface area (Å²) in [6.45, 7) is 6.73. The highest BCUT2D eigenvalue weighted by molar-refractivity contribution is 7.15. The van der Waals surface area contributed by atoms with Crippen LogP contribution in [-0.4, -0.2) is 33.8 Å². The first-order valence-electron chi connectivity index (χ1n) is 5.07. The van der Waals surface area contributed by atoms with Gasteiger partial charge in [0.2, 0.25) is 5.13 Å². The lowest BCUT2D eigenvalue weighted by Gasteiger charge is -2.25. The number of oxime groups is 1. The first-order chi connectivity index (χ1) is 7.54. The van der Waals surface area contributed by atoms with Crippen LogP contribution in [0.25, 0.3) is 0 Å². The highest BCUT2D eigenvalue weighted by atomic mass is 32.1. The fourth-order valence-corrected chi connectivity index (χ4v) is 2.11. The molecule has 0 saturated heterocycles. The molecule has 0 fully saturated rings. The molecule has 1 aromatic rings. The average molecular weight is 243 g/mol. The third kappa shape index (κ3) is 3.34. The molecular weight excluding hydrogens is 226 g/mol. The SMILES string of the molecule is Cc1nnc(N(CCC(N)=NO)C(C)C)s1. The molecule has 0 amide bonds. The van der Waals surface area contributed by atoms with Crippen LogP contribution in [0.2, 0.25) is 0 Å². The van der Waals surface area contributed by atoms with Crippen molar-refractivity contribution in [1.82, 2.24) is 10.2 Å². The predicted molar refractivity (Wildman–Crippen MR) is 65.2 cm³/mol. The molecule has 0 saturated carbocycles. The maximum Gasteiger partial charge on any atom is 0.208 e. The summed E-state index contributed by atoms with van der Waals surface area (Å²) in [4.78, 5) is 2.09. The molecule has 0 unspecified atom stereocenters. The molecule has 0 spiro atoms. The van der Waals surface area contributed by atoms with Crippen LogP contribution in [0.5, 0.6) is 0 Å². The van der Waals surface area contributed by atoms with Crippen molar-refractivity contribution in [2.24, 2.45) is 10.9 Å². The van der Waals surface area contributed by atoms with Crippen LogP contribution in [0.15, 0.2) is 5.16 Å². The number of aromatic nitrogens is 2. The lowest BCUT2D eigenvalue weighted by atomic mass is 10.3. The van der Waals surface area contributed by atoms with Crippen molar-refractivity contribution in [3.8, 4) is 0 Å². The van der Waals surface area contributed by atoms with E-state index in [9.17, 15) is 0 Å². The van der Waals surface area contributed by atoms with Crippen molar-refractivity contribution in [3.05, 3.63) is 5.01 Å². The second-order valence-electron chi connectivity index (χ2n) is 3.73. The van der Waals surface area contributed by atoms with Gasteiger partial charge in [-0.2, -0.15) is 0 Å². The lowest BCUT2D eigenvalue weighted by molar-refractivity contribution is 0.317. The van der Waals surface area contributed by atoms with Crippen molar-refractivity contribution in [2.75, 3.05) is 11.4 Å². The first-order valence-corrected chi connectivity index (χ1v) is 5.89. The molecule has 0 aromatic carbocycles. The van der Waals surface area contributed by atoms with E-state index in [0.29, 0.717) is 19.0 Å². The Balaban J connectivity index is 2.69. The molecule has 7 heteroatoms. The molecule has 90 valence electrons. The minimum Gasteiger partial charge on any atom is -0.409 e. The van der Waals surface area contributed by atoms with Crippen LogP contribution in [-0.2, 0) is 0 Å². The van der Waals surface area contributed by atoms with Gasteiger partial charge in [0, 0.05) is 19.0 Å². The largest absolute Gasteiger partial charge is 0.409 e. The molecule has 3 N–H and O–H groups in total. The number of nitrogens with two attached hydrogens (primary N) is 1. The van der Waals surface area contributed by atoms with Gasteiger partial charge in [-0.15, -0.1) is 10.2 Å². The van der Waals surface area contributed by atoms with E-state index in [1.54, 1.807) is 11.3 Å². The van der Waals surface area contributed by atoms with E-state index in [4.69, 9.17) is 10.9 Å². The van der Waals surface area contributed by atoms with Crippen molar-refractivity contribution in [2.45, 2.75) is 33.2 Å². The second kappa shape index (κ2) is 5.64. The van der Waals surface area contributed by atoms with Gasteiger partial charge in [0.1, 0.15) is 10.8 Å². The Morgan fingerprint density at radius 1 is 1.56 bits per heavy atom. The number of rotatable bonds is 5. The Bertz CT molecular complexity index is 363. The quantitative estimate of drug-likeness (QED) is 0.351. The van der Waals surface area contributed by atoms with Crippen molar-refractivity contribution in [1.29, 1.82) is 0 Å². The van der Waals surface area contributed by atoms with Crippen LogP contribution in [0.3, 0.4) is 0 Å². The molecule has 0 aliphatic carbocycles. The van der Waals surface area contributed by atoms with Gasteiger partial charge >= 0.3 is 0 Å². The molecule has 0 aliphatic rings. The summed E-state index contributed by atoms with van der Waals surface area (Å²) in [6, 6.07) is 0.304. The molecule has 0 atom stereocenters. The summed E-state index contributed by atoms with van der Waals surface area (Å²) in [5, 5.41) is 21.3. The second-order valence-corrected chi connectivity index (χ2v) is 4.89. The molecular formula is C9H17N5OS. The van der Waals surface area contributed by atoms with E-state index < -0.39 is 0 Å². The topological polar surface area (TPSA) is 87.6 Å². The van der Waals surface area contributed by atoms with E-state index in [0.717, 1.165) is 10.1 Å². The molecule has 16 heavy (non-hydrogen) atoms. The van der Waals surface area contributed by atoms with Gasteiger partial charge < -0.3 is 15.8 Å². The Morgan fingerprint density at radius 2 is 2.25 bits per heavy atom. The summed E-state index contributed by atoms with van der Waals surface area (Å²) in [5.41, 5.74) is 5.45. The number of aryl methyl sites for hydroxylation is 1. The summed E-state index contributed by atoms with van der Waals surface area (Å²) < 4.78 is 0. The Hall–Kier alpha value is -1.37. The highest BCUT2D eigenvalue weighted by Gasteiger charge is 2.15. The van der Waals surface area contributed by atoms with Crippen LogP contribution in [0, 0.1) is 6.92 Å². The van der Waals surface area contributed by atoms with E-state index in [2.05, 4.69) is 34.1 Å². The van der Waals surface area contributed by atoms with Crippen LogP contribution in [0.4, 0.5) is 5.13 Å². The summed E-state index contributed by atoms with van der Waals surface area (Å²) in [7, 11) is 0. The van der Waals surface area contributed by atoms with E-state index in [-0.39, 0.29) is 5.84 Å². The van der Waals surface area contributed by atoms with Gasteiger partial charge in [-0.25, -0.2) is 0 Å². The number of amidine groups is 1. The molecule has 0 aliphatic heterocycles. The monoisotopic (exact) mass is 243 g/mol. The zero-order valence-electron chi connectivity index (χ0n) is 9.71. The number of hydrogen-bond acceptors (Lipinski definition) is 6. The van der Waals surface area contributed by atoms with Gasteiger partial charge in [-0.1, -0.05) is 16.5 Å². The third-order valence-corrected chi connectivity index (χ3v) is 3.00. The molecule has 1 heterocycles. The maximum atomic E-state index is 8.48. The third-order valence-electron chi connectivity index (χ3n) is 2.12. The van der Waals surface area contributed by atoms with E-state index >= 15 is 0 Å². The molecule has 1 aromatic heterocycles. The standard InChI is InChI=1S/C9H17N5OS/c1-6(2)14(5-4-8(10)13-15)9-12-11-7(3)16-9/h6,15H,4-5H2,1-3H3,(H2,10,13). The smallest absolute Gasteiger partial charge is 0.208 e. The van der Waals surface area contributed by atoms with E-state index in [1.807, 2.05) is 6.92 Å². The zero-order chi connectivity index (χ0) is 12.1. The lowest BCUT2D eigenvalue weighted by Crippen LogP contribution is -2.34. The van der Waals surface area contributed by atoms with Gasteiger partial charge in [0.05, 0.1) is 0 Å². The summed E-state index contributed by atoms with van der Waals surface area (Å²) in [6.07, 6.45) is 0.507. The zero-order valence-corrected chi connectivity index (χ0v) is 10.5. The van der Waals surface area contributed by atoms with Crippen molar-refractivity contribution in [3.63, 3.8) is 0 Å². The Kier molecular flexibility index (Phi) is 4.48. The van der Waals surface area contributed by atoms with Crippen LogP contribution < -0.4 is 10.6 Å². The van der Waals surface area contributed by atoms with E-state index in [1.165, 1.54) is 0 Å². The normalized spacial score (nSPS) is 12.1. The van der Waals surface area contributed by atoms with Gasteiger partial charge in [0.25, 0.3) is 0 Å². The van der Waals surface area contributed by atoms with Crippen molar-refractivity contribution >= 4 is 22.3 Å². The predicted octanol–water partition coefficient (Wildman–Crippen LogP) is 1.20. The number of anilines is 1. The van der Waals surface area contributed by atoms with Gasteiger partial charge in [-0.3, -0.25) is 0 Å². The van der Waals surface area contributed by atoms with Gasteiger partial charge in [0.15, 0.2) is 0 Å². The number of hydrogen-bond donors (Lipinski definition) is 2. The fraction of sp³-hybridized carbons (Fsp3) is 0.667. The molecule has 6 nitrogen and oxygen atoms in total. The Morgan fingerprint density at radius 3 is 2.69 bits per heavy atom. The molecule has 0 bridgehead atoms. The molecule has 1 rings (SSSR count). The van der Waals surface area contributed by atoms with Crippen LogP contribution >= 0.6 is 11.3 Å². The first kappa shape index (κ1) is 12.7. The summed E-state index contributed by atoms with van der Waals surface area (Å²) >= 11 is 1.54. The van der Waals surface area contributed by atoms with Crippen molar-refractivity contribution < 1.29 is 5.21 Å². The minimum absolute atomic E-state index is 0.229. The van der Waals surface area contributed by atoms with Gasteiger partial charge in [-0.05, 0) is 20.8 Å². The fourth-order valence-electron chi connectivity index (χ4n) is 1.26. The Labute approximate surface area is 98.8 Å². The number of nitrogens with zero attached hydrogens (tertiary/aromatic N) is 4. The average Bonchev–Trinajstić information content (AvgIpc) is 2.64. The summed E-state index contributed by atoms with van der Waals surface area (Å²) in [5.74, 6) is 0.229.